The SMILES string of the molecule is CC(C)S(=O)(=O)CCCCCCCc1c2ccccc2nc2ccccc12. The van der Waals surface area contributed by atoms with E-state index in [2.05, 4.69) is 36.4 Å². The first kappa shape index (κ1) is 19.8. The zero-order chi connectivity index (χ0) is 19.3. The molecule has 144 valence electrons. The quantitative estimate of drug-likeness (QED) is 0.351. The molecule has 0 aliphatic heterocycles. The highest BCUT2D eigenvalue weighted by Crippen LogP contribution is 2.27. The second-order valence-electron chi connectivity index (χ2n) is 7.56. The zero-order valence-corrected chi connectivity index (χ0v) is 17.1. The minimum absolute atomic E-state index is 0.259. The number of benzene rings is 2. The molecule has 1 aromatic heterocycles. The molecule has 0 aliphatic carbocycles. The van der Waals surface area contributed by atoms with Crippen molar-refractivity contribution < 1.29 is 8.42 Å². The minimum atomic E-state index is -2.89. The van der Waals surface area contributed by atoms with Crippen molar-refractivity contribution in [3.8, 4) is 0 Å². The molecule has 4 heteroatoms. The Morgan fingerprint density at radius 3 is 1.89 bits per heavy atom. The van der Waals surface area contributed by atoms with Crippen molar-refractivity contribution in [1.82, 2.24) is 4.98 Å². The molecule has 3 rings (SSSR count). The lowest BCUT2D eigenvalue weighted by atomic mass is 9.97. The third-order valence-corrected chi connectivity index (χ3v) is 7.57. The summed E-state index contributed by atoms with van der Waals surface area (Å²) in [5.41, 5.74) is 3.51. The fraction of sp³-hybridized carbons (Fsp3) is 0.435. The first-order chi connectivity index (χ1) is 13.0. The van der Waals surface area contributed by atoms with Crippen molar-refractivity contribution in [1.29, 1.82) is 0 Å². The van der Waals surface area contributed by atoms with E-state index in [0.29, 0.717) is 5.75 Å². The zero-order valence-electron chi connectivity index (χ0n) is 16.3. The molecule has 0 N–H and O–H groups in total. The summed E-state index contributed by atoms with van der Waals surface area (Å²) in [5.74, 6) is 0.324. The molecule has 1 heterocycles. The number of pyridine rings is 1. The normalized spacial score (nSPS) is 12.3. The number of unbranched alkanes of at least 4 members (excludes halogenated alkanes) is 4. The number of hydrogen-bond acceptors (Lipinski definition) is 3. The van der Waals surface area contributed by atoms with E-state index in [9.17, 15) is 8.42 Å². The monoisotopic (exact) mass is 383 g/mol. The standard InChI is InChI=1S/C23H29NO2S/c1-18(2)27(25,26)17-11-5-3-4-6-12-19-20-13-7-9-15-22(20)24-23-16-10-8-14-21(19)23/h7-10,13-16,18H,3-6,11-12,17H2,1-2H3. The minimum Gasteiger partial charge on any atom is -0.248 e. The van der Waals surface area contributed by atoms with Gasteiger partial charge in [0.2, 0.25) is 0 Å². The molecular formula is C23H29NO2S. The predicted octanol–water partition coefficient (Wildman–Crippen LogP) is 5.70. The van der Waals surface area contributed by atoms with Gasteiger partial charge in [0, 0.05) is 10.8 Å². The average molecular weight is 384 g/mol. The molecular weight excluding hydrogens is 354 g/mol. The Labute approximate surface area is 162 Å². The molecule has 3 aromatic rings. The van der Waals surface area contributed by atoms with Crippen LogP contribution < -0.4 is 0 Å². The number of aromatic nitrogens is 1. The predicted molar refractivity (Wildman–Crippen MR) is 115 cm³/mol. The molecule has 0 unspecified atom stereocenters. The average Bonchev–Trinajstić information content (AvgIpc) is 2.66. The van der Waals surface area contributed by atoms with Crippen LogP contribution in [0.2, 0.25) is 0 Å². The largest absolute Gasteiger partial charge is 0.248 e. The van der Waals surface area contributed by atoms with Gasteiger partial charge in [-0.15, -0.1) is 0 Å². The van der Waals surface area contributed by atoms with E-state index in [4.69, 9.17) is 4.98 Å². The molecule has 0 bridgehead atoms. The van der Waals surface area contributed by atoms with Crippen molar-refractivity contribution in [3.63, 3.8) is 0 Å². The van der Waals surface area contributed by atoms with E-state index < -0.39 is 9.84 Å². The van der Waals surface area contributed by atoms with Gasteiger partial charge in [-0.25, -0.2) is 13.4 Å². The van der Waals surface area contributed by atoms with Crippen LogP contribution >= 0.6 is 0 Å². The summed E-state index contributed by atoms with van der Waals surface area (Å²) < 4.78 is 23.7. The third kappa shape index (κ3) is 4.86. The van der Waals surface area contributed by atoms with Gasteiger partial charge in [0.1, 0.15) is 0 Å². The molecule has 0 atom stereocenters. The molecule has 0 saturated carbocycles. The topological polar surface area (TPSA) is 47.0 Å². The Balaban J connectivity index is 1.59. The van der Waals surface area contributed by atoms with E-state index in [1.165, 1.54) is 16.3 Å². The van der Waals surface area contributed by atoms with Crippen LogP contribution in [0.4, 0.5) is 0 Å². The second-order valence-corrected chi connectivity index (χ2v) is 10.2. The molecule has 0 aliphatic rings. The Kier molecular flexibility index (Phi) is 6.48. The van der Waals surface area contributed by atoms with Gasteiger partial charge in [-0.2, -0.15) is 0 Å². The summed E-state index contributed by atoms with van der Waals surface area (Å²) in [6, 6.07) is 16.7. The van der Waals surface area contributed by atoms with Crippen LogP contribution in [0, 0.1) is 0 Å². The van der Waals surface area contributed by atoms with Crippen LogP contribution in [0.15, 0.2) is 48.5 Å². The van der Waals surface area contributed by atoms with Crippen molar-refractivity contribution in [2.45, 2.75) is 57.6 Å². The van der Waals surface area contributed by atoms with E-state index in [0.717, 1.165) is 49.6 Å². The highest BCUT2D eigenvalue weighted by molar-refractivity contribution is 7.91. The van der Waals surface area contributed by atoms with Crippen LogP contribution in [0.5, 0.6) is 0 Å². The fourth-order valence-corrected chi connectivity index (χ4v) is 4.65. The molecule has 0 fully saturated rings. The summed E-state index contributed by atoms with van der Waals surface area (Å²) >= 11 is 0. The van der Waals surface area contributed by atoms with E-state index in [1.807, 2.05) is 12.1 Å². The number of sulfone groups is 1. The lowest BCUT2D eigenvalue weighted by Gasteiger charge is -2.11. The van der Waals surface area contributed by atoms with E-state index in [1.54, 1.807) is 13.8 Å². The van der Waals surface area contributed by atoms with Gasteiger partial charge >= 0.3 is 0 Å². The lowest BCUT2D eigenvalue weighted by molar-refractivity contribution is 0.577. The van der Waals surface area contributed by atoms with Crippen LogP contribution in [0.1, 0.15) is 51.5 Å². The Bertz CT molecular complexity index is 955. The van der Waals surface area contributed by atoms with Gasteiger partial charge in [0.05, 0.1) is 22.0 Å². The molecule has 0 spiro atoms. The summed E-state index contributed by atoms with van der Waals surface area (Å²) in [6.45, 7) is 3.53. The number of rotatable bonds is 9. The summed E-state index contributed by atoms with van der Waals surface area (Å²) in [4.78, 5) is 4.79. The summed E-state index contributed by atoms with van der Waals surface area (Å²) in [5, 5.41) is 2.24. The molecule has 0 saturated heterocycles. The van der Waals surface area contributed by atoms with Crippen LogP contribution in [-0.4, -0.2) is 24.4 Å². The maximum atomic E-state index is 11.8. The van der Waals surface area contributed by atoms with Crippen molar-refractivity contribution in [2.75, 3.05) is 5.75 Å². The van der Waals surface area contributed by atoms with Gasteiger partial charge in [0.25, 0.3) is 0 Å². The van der Waals surface area contributed by atoms with Gasteiger partial charge < -0.3 is 0 Å². The Hall–Kier alpha value is -1.94. The summed E-state index contributed by atoms with van der Waals surface area (Å²) in [7, 11) is -2.89. The molecule has 0 radical (unpaired) electrons. The third-order valence-electron chi connectivity index (χ3n) is 5.27. The van der Waals surface area contributed by atoms with Gasteiger partial charge in [0.15, 0.2) is 9.84 Å². The Morgan fingerprint density at radius 1 is 0.778 bits per heavy atom. The van der Waals surface area contributed by atoms with Crippen molar-refractivity contribution in [2.24, 2.45) is 0 Å². The van der Waals surface area contributed by atoms with Gasteiger partial charge in [-0.1, -0.05) is 55.7 Å². The maximum absolute atomic E-state index is 11.8. The number of para-hydroxylation sites is 2. The molecule has 0 amide bonds. The van der Waals surface area contributed by atoms with Crippen LogP contribution in [0.25, 0.3) is 21.8 Å². The highest BCUT2D eigenvalue weighted by atomic mass is 32.2. The van der Waals surface area contributed by atoms with Gasteiger partial charge in [-0.3, -0.25) is 0 Å². The van der Waals surface area contributed by atoms with Crippen LogP contribution in [0.3, 0.4) is 0 Å². The Morgan fingerprint density at radius 2 is 1.30 bits per heavy atom. The number of nitrogens with zero attached hydrogens (tertiary/aromatic N) is 1. The highest BCUT2D eigenvalue weighted by Gasteiger charge is 2.14. The molecule has 2 aromatic carbocycles. The van der Waals surface area contributed by atoms with E-state index >= 15 is 0 Å². The first-order valence-corrected chi connectivity index (χ1v) is 11.7. The van der Waals surface area contributed by atoms with Crippen molar-refractivity contribution in [3.05, 3.63) is 54.1 Å². The van der Waals surface area contributed by atoms with Crippen LogP contribution in [-0.2, 0) is 16.3 Å². The number of aryl methyl sites for hydroxylation is 1. The molecule has 27 heavy (non-hydrogen) atoms. The molecule has 3 nitrogen and oxygen atoms in total. The van der Waals surface area contributed by atoms with Crippen molar-refractivity contribution >= 4 is 31.6 Å². The fourth-order valence-electron chi connectivity index (χ4n) is 3.57. The van der Waals surface area contributed by atoms with Gasteiger partial charge in [-0.05, 0) is 50.8 Å². The number of hydrogen-bond donors (Lipinski definition) is 0. The maximum Gasteiger partial charge on any atom is 0.152 e. The number of fused-ring (bicyclic) bond motifs is 2. The summed E-state index contributed by atoms with van der Waals surface area (Å²) in [6.07, 6.45) is 6.15. The first-order valence-electron chi connectivity index (χ1n) is 9.97. The smallest absolute Gasteiger partial charge is 0.152 e. The lowest BCUT2D eigenvalue weighted by Crippen LogP contribution is -2.17. The van der Waals surface area contributed by atoms with E-state index in [-0.39, 0.29) is 5.25 Å². The second kappa shape index (κ2) is 8.83.